The Bertz CT molecular complexity index is 749. The lowest BCUT2D eigenvalue weighted by molar-refractivity contribution is 0.774. The summed E-state index contributed by atoms with van der Waals surface area (Å²) < 4.78 is 2.20. The summed E-state index contributed by atoms with van der Waals surface area (Å²) in [7, 11) is 0. The minimum absolute atomic E-state index is 0.620. The minimum Gasteiger partial charge on any atom is -0.354 e. The fraction of sp³-hybridized carbons (Fsp3) is 0.312. The average molecular weight is 362 g/mol. The Kier molecular flexibility index (Phi) is 3.47. The summed E-state index contributed by atoms with van der Waals surface area (Å²) in [4.78, 5) is 8.36. The first-order valence-electron chi connectivity index (χ1n) is 7.17. The van der Waals surface area contributed by atoms with Crippen LogP contribution in [-0.2, 0) is 5.33 Å². The van der Waals surface area contributed by atoms with Gasteiger partial charge in [-0.15, -0.1) is 11.3 Å². The van der Waals surface area contributed by atoms with Gasteiger partial charge < -0.3 is 4.90 Å². The number of halogens is 1. The lowest BCUT2D eigenvalue weighted by atomic mass is 9.99. The summed E-state index contributed by atoms with van der Waals surface area (Å²) in [5.41, 5.74) is 2.71. The Hall–Kier alpha value is -1.33. The molecule has 1 fully saturated rings. The average Bonchev–Trinajstić information content (AvgIpc) is 3.22. The highest BCUT2D eigenvalue weighted by Gasteiger charge is 2.27. The molecule has 108 valence electrons. The Labute approximate surface area is 136 Å². The summed E-state index contributed by atoms with van der Waals surface area (Å²) in [6, 6.07) is 10.8. The maximum absolute atomic E-state index is 4.83. The maximum atomic E-state index is 4.83. The molecule has 0 saturated carbocycles. The van der Waals surface area contributed by atoms with Crippen LogP contribution in [0.2, 0.25) is 0 Å². The van der Waals surface area contributed by atoms with Crippen molar-refractivity contribution >= 4 is 38.0 Å². The standard InChI is InChI=1S/C16H16BrN3S/c17-10-14-15(18-16-20(14)8-9-21-16)19-7-6-13(11-19)12-4-2-1-3-5-12/h1-5,8-9,13H,6-7,10-11H2. The number of fused-ring (bicyclic) bond motifs is 1. The molecule has 3 nitrogen and oxygen atoms in total. The Morgan fingerprint density at radius 1 is 1.29 bits per heavy atom. The van der Waals surface area contributed by atoms with Crippen LogP contribution in [0.25, 0.3) is 4.96 Å². The third-order valence-electron chi connectivity index (χ3n) is 4.23. The van der Waals surface area contributed by atoms with Crippen molar-refractivity contribution in [3.8, 4) is 0 Å². The smallest absolute Gasteiger partial charge is 0.195 e. The molecule has 3 aromatic rings. The van der Waals surface area contributed by atoms with Crippen molar-refractivity contribution < 1.29 is 0 Å². The normalized spacial score (nSPS) is 18.7. The molecule has 2 aromatic heterocycles. The van der Waals surface area contributed by atoms with E-state index in [9.17, 15) is 0 Å². The molecule has 3 heterocycles. The van der Waals surface area contributed by atoms with Gasteiger partial charge >= 0.3 is 0 Å². The van der Waals surface area contributed by atoms with Gasteiger partial charge in [-0.25, -0.2) is 4.98 Å². The highest BCUT2D eigenvalue weighted by atomic mass is 79.9. The number of benzene rings is 1. The number of thiazole rings is 1. The van der Waals surface area contributed by atoms with Crippen molar-refractivity contribution in [1.29, 1.82) is 0 Å². The number of nitrogens with zero attached hydrogens (tertiary/aromatic N) is 3. The van der Waals surface area contributed by atoms with Gasteiger partial charge in [0.15, 0.2) is 10.8 Å². The third-order valence-corrected chi connectivity index (χ3v) is 5.51. The van der Waals surface area contributed by atoms with Gasteiger partial charge in [0.25, 0.3) is 0 Å². The third kappa shape index (κ3) is 2.28. The predicted octanol–water partition coefficient (Wildman–Crippen LogP) is 4.28. The van der Waals surface area contributed by atoms with E-state index >= 15 is 0 Å². The summed E-state index contributed by atoms with van der Waals surface area (Å²) in [5.74, 6) is 1.77. The molecule has 5 heteroatoms. The van der Waals surface area contributed by atoms with E-state index in [1.165, 1.54) is 17.7 Å². The van der Waals surface area contributed by atoms with E-state index < -0.39 is 0 Å². The molecule has 1 atom stereocenters. The molecule has 1 unspecified atom stereocenters. The van der Waals surface area contributed by atoms with Gasteiger partial charge in [-0.1, -0.05) is 46.3 Å². The van der Waals surface area contributed by atoms with E-state index in [1.54, 1.807) is 11.3 Å². The van der Waals surface area contributed by atoms with Crippen LogP contribution in [0, 0.1) is 0 Å². The van der Waals surface area contributed by atoms with Crippen LogP contribution in [0.15, 0.2) is 41.9 Å². The summed E-state index contributed by atoms with van der Waals surface area (Å²) in [6.45, 7) is 2.15. The first kappa shape index (κ1) is 13.3. The van der Waals surface area contributed by atoms with Crippen molar-refractivity contribution in [2.45, 2.75) is 17.7 Å². The molecule has 0 spiro atoms. The Morgan fingerprint density at radius 3 is 2.95 bits per heavy atom. The SMILES string of the molecule is BrCc1c(N2CCC(c3ccccc3)C2)nc2sccn12. The number of anilines is 1. The topological polar surface area (TPSA) is 20.5 Å². The Balaban J connectivity index is 1.63. The predicted molar refractivity (Wildman–Crippen MR) is 91.7 cm³/mol. The van der Waals surface area contributed by atoms with Crippen molar-refractivity contribution in [3.63, 3.8) is 0 Å². The quantitative estimate of drug-likeness (QED) is 0.648. The van der Waals surface area contributed by atoms with Crippen molar-refractivity contribution in [2.75, 3.05) is 18.0 Å². The fourth-order valence-electron chi connectivity index (χ4n) is 3.15. The van der Waals surface area contributed by atoms with Crippen LogP contribution in [0.5, 0.6) is 0 Å². The van der Waals surface area contributed by atoms with Crippen LogP contribution in [-0.4, -0.2) is 22.5 Å². The molecule has 0 amide bonds. The second-order valence-electron chi connectivity index (χ2n) is 5.41. The molecule has 0 aliphatic carbocycles. The van der Waals surface area contributed by atoms with Crippen LogP contribution < -0.4 is 4.90 Å². The molecule has 1 saturated heterocycles. The fourth-order valence-corrected chi connectivity index (χ4v) is 4.40. The lowest BCUT2D eigenvalue weighted by Gasteiger charge is -2.17. The maximum Gasteiger partial charge on any atom is 0.195 e. The molecule has 21 heavy (non-hydrogen) atoms. The van der Waals surface area contributed by atoms with Crippen molar-refractivity contribution in [2.24, 2.45) is 0 Å². The van der Waals surface area contributed by atoms with Gasteiger partial charge in [-0.3, -0.25) is 4.40 Å². The zero-order valence-electron chi connectivity index (χ0n) is 11.6. The molecule has 4 rings (SSSR count). The van der Waals surface area contributed by atoms with Crippen LogP contribution >= 0.6 is 27.3 Å². The number of hydrogen-bond acceptors (Lipinski definition) is 3. The van der Waals surface area contributed by atoms with Crippen molar-refractivity contribution in [3.05, 3.63) is 53.2 Å². The van der Waals surface area contributed by atoms with Crippen LogP contribution in [0.3, 0.4) is 0 Å². The van der Waals surface area contributed by atoms with E-state index in [0.29, 0.717) is 5.92 Å². The minimum atomic E-state index is 0.620. The summed E-state index contributed by atoms with van der Waals surface area (Å²) in [6.07, 6.45) is 3.31. The zero-order chi connectivity index (χ0) is 14.2. The molecule has 1 aromatic carbocycles. The van der Waals surface area contributed by atoms with Gasteiger partial charge in [-0.2, -0.15) is 0 Å². The first-order chi connectivity index (χ1) is 10.4. The molecular formula is C16H16BrN3S. The highest BCUT2D eigenvalue weighted by Crippen LogP contribution is 2.33. The van der Waals surface area contributed by atoms with E-state index in [4.69, 9.17) is 4.98 Å². The monoisotopic (exact) mass is 361 g/mol. The highest BCUT2D eigenvalue weighted by molar-refractivity contribution is 9.08. The van der Waals surface area contributed by atoms with E-state index in [2.05, 4.69) is 67.1 Å². The summed E-state index contributed by atoms with van der Waals surface area (Å²) >= 11 is 5.32. The molecule has 1 aliphatic heterocycles. The summed E-state index contributed by atoms with van der Waals surface area (Å²) in [5, 5.41) is 2.93. The molecule has 1 aliphatic rings. The van der Waals surface area contributed by atoms with Gasteiger partial charge in [0, 0.05) is 35.9 Å². The van der Waals surface area contributed by atoms with E-state index in [-0.39, 0.29) is 0 Å². The number of rotatable bonds is 3. The molecule has 0 bridgehead atoms. The van der Waals surface area contributed by atoms with Gasteiger partial charge in [-0.05, 0) is 12.0 Å². The first-order valence-corrected chi connectivity index (χ1v) is 9.17. The second kappa shape index (κ2) is 5.46. The number of hydrogen-bond donors (Lipinski definition) is 0. The molecule has 0 N–H and O–H groups in total. The number of alkyl halides is 1. The van der Waals surface area contributed by atoms with Gasteiger partial charge in [0.2, 0.25) is 0 Å². The van der Waals surface area contributed by atoms with E-state index in [1.807, 2.05) is 0 Å². The van der Waals surface area contributed by atoms with Crippen LogP contribution in [0.4, 0.5) is 5.82 Å². The van der Waals surface area contributed by atoms with Crippen molar-refractivity contribution in [1.82, 2.24) is 9.38 Å². The number of aromatic nitrogens is 2. The molecule has 0 radical (unpaired) electrons. The van der Waals surface area contributed by atoms with Gasteiger partial charge in [0.1, 0.15) is 0 Å². The van der Waals surface area contributed by atoms with Crippen LogP contribution in [0.1, 0.15) is 23.6 Å². The number of imidazole rings is 1. The largest absolute Gasteiger partial charge is 0.354 e. The molecular weight excluding hydrogens is 346 g/mol. The van der Waals surface area contributed by atoms with E-state index in [0.717, 1.165) is 29.2 Å². The van der Waals surface area contributed by atoms with Gasteiger partial charge in [0.05, 0.1) is 5.69 Å². The Morgan fingerprint density at radius 2 is 2.14 bits per heavy atom. The second-order valence-corrected chi connectivity index (χ2v) is 6.85. The zero-order valence-corrected chi connectivity index (χ0v) is 14.0. The lowest BCUT2D eigenvalue weighted by Crippen LogP contribution is -2.21.